The second kappa shape index (κ2) is 5.07. The van der Waals surface area contributed by atoms with Crippen molar-refractivity contribution in [1.29, 1.82) is 0 Å². The molecule has 0 heterocycles. The van der Waals surface area contributed by atoms with Gasteiger partial charge in [-0.3, -0.25) is 0 Å². The summed E-state index contributed by atoms with van der Waals surface area (Å²) < 4.78 is 1.12. The maximum absolute atomic E-state index is 6.57. The number of hydrogen-bond acceptors (Lipinski definition) is 0. The Balaban J connectivity index is 1.70. The number of alkyl halides is 1. The van der Waals surface area contributed by atoms with Gasteiger partial charge in [0, 0.05) is 15.8 Å². The molecule has 0 bridgehead atoms. The van der Waals surface area contributed by atoms with Crippen LogP contribution in [-0.4, -0.2) is 5.38 Å². The molecule has 1 aliphatic carbocycles. The van der Waals surface area contributed by atoms with Gasteiger partial charge in [-0.05, 0) is 41.7 Å². The SMILES string of the molecule is ClC(Cc1ccc(Br)cc1)C1Cc2ccccc21. The van der Waals surface area contributed by atoms with Gasteiger partial charge in [0.05, 0.1) is 0 Å². The molecule has 0 aromatic heterocycles. The molecule has 3 rings (SSSR count). The molecule has 2 aromatic carbocycles. The zero-order valence-electron chi connectivity index (χ0n) is 9.94. The number of rotatable bonds is 3. The molecule has 1 aliphatic rings. The van der Waals surface area contributed by atoms with E-state index in [1.54, 1.807) is 0 Å². The second-order valence-corrected chi connectivity index (χ2v) is 6.33. The Morgan fingerprint density at radius 1 is 1.11 bits per heavy atom. The average molecular weight is 322 g/mol. The first-order chi connectivity index (χ1) is 8.74. The fourth-order valence-corrected chi connectivity index (χ4v) is 3.28. The fraction of sp³-hybridized carbons (Fsp3) is 0.250. The Labute approximate surface area is 121 Å². The highest BCUT2D eigenvalue weighted by Gasteiger charge is 2.31. The monoisotopic (exact) mass is 320 g/mol. The Hall–Kier alpha value is -0.790. The molecule has 0 N–H and O–H groups in total. The van der Waals surface area contributed by atoms with Crippen molar-refractivity contribution in [1.82, 2.24) is 0 Å². The van der Waals surface area contributed by atoms with Crippen molar-refractivity contribution in [2.45, 2.75) is 24.1 Å². The molecule has 0 saturated heterocycles. The lowest BCUT2D eigenvalue weighted by molar-refractivity contribution is 0.567. The van der Waals surface area contributed by atoms with E-state index in [1.807, 2.05) is 0 Å². The van der Waals surface area contributed by atoms with E-state index in [0.29, 0.717) is 5.92 Å². The van der Waals surface area contributed by atoms with E-state index in [1.165, 1.54) is 16.7 Å². The summed E-state index contributed by atoms with van der Waals surface area (Å²) in [5.41, 5.74) is 4.21. The molecule has 2 unspecified atom stereocenters. The van der Waals surface area contributed by atoms with Gasteiger partial charge < -0.3 is 0 Å². The first kappa shape index (κ1) is 12.3. The lowest BCUT2D eigenvalue weighted by Crippen LogP contribution is -2.26. The first-order valence-corrected chi connectivity index (χ1v) is 7.43. The molecule has 92 valence electrons. The third-order valence-corrected chi connectivity index (χ3v) is 4.66. The molecule has 0 amide bonds. The van der Waals surface area contributed by atoms with Crippen LogP contribution >= 0.6 is 27.5 Å². The molecule has 0 fully saturated rings. The summed E-state index contributed by atoms with van der Waals surface area (Å²) in [6.45, 7) is 0. The van der Waals surface area contributed by atoms with Gasteiger partial charge in [0.15, 0.2) is 0 Å². The van der Waals surface area contributed by atoms with Crippen LogP contribution in [0.25, 0.3) is 0 Å². The fourth-order valence-electron chi connectivity index (χ4n) is 2.61. The van der Waals surface area contributed by atoms with Crippen LogP contribution in [0.15, 0.2) is 53.0 Å². The van der Waals surface area contributed by atoms with Crippen LogP contribution in [0.1, 0.15) is 22.6 Å². The van der Waals surface area contributed by atoms with Crippen molar-refractivity contribution < 1.29 is 0 Å². The zero-order valence-corrected chi connectivity index (χ0v) is 12.3. The molecule has 2 aromatic rings. The minimum absolute atomic E-state index is 0.195. The van der Waals surface area contributed by atoms with E-state index in [9.17, 15) is 0 Å². The highest BCUT2D eigenvalue weighted by atomic mass is 79.9. The zero-order chi connectivity index (χ0) is 12.5. The molecule has 18 heavy (non-hydrogen) atoms. The molecule has 0 nitrogen and oxygen atoms in total. The van der Waals surface area contributed by atoms with E-state index in [-0.39, 0.29) is 5.38 Å². The Kier molecular flexibility index (Phi) is 3.45. The predicted molar refractivity (Wildman–Crippen MR) is 80.4 cm³/mol. The average Bonchev–Trinajstić information content (AvgIpc) is 2.34. The molecule has 0 saturated carbocycles. The Bertz CT molecular complexity index is 547. The van der Waals surface area contributed by atoms with Gasteiger partial charge in [0.1, 0.15) is 0 Å². The van der Waals surface area contributed by atoms with Crippen molar-refractivity contribution in [2.24, 2.45) is 0 Å². The maximum Gasteiger partial charge on any atom is 0.0448 e. The van der Waals surface area contributed by atoms with E-state index in [4.69, 9.17) is 11.6 Å². The van der Waals surface area contributed by atoms with Gasteiger partial charge in [-0.1, -0.05) is 52.3 Å². The Morgan fingerprint density at radius 2 is 1.83 bits per heavy atom. The summed E-state index contributed by atoms with van der Waals surface area (Å²) >= 11 is 10.0. The molecular formula is C16H14BrCl. The van der Waals surface area contributed by atoms with Crippen molar-refractivity contribution in [3.8, 4) is 0 Å². The largest absolute Gasteiger partial charge is 0.122 e. The van der Waals surface area contributed by atoms with Gasteiger partial charge in [0.25, 0.3) is 0 Å². The van der Waals surface area contributed by atoms with Gasteiger partial charge in [-0.25, -0.2) is 0 Å². The van der Waals surface area contributed by atoms with Crippen molar-refractivity contribution in [3.05, 3.63) is 69.7 Å². The van der Waals surface area contributed by atoms with Gasteiger partial charge >= 0.3 is 0 Å². The molecule has 2 atom stereocenters. The van der Waals surface area contributed by atoms with Crippen LogP contribution in [0, 0.1) is 0 Å². The second-order valence-electron chi connectivity index (χ2n) is 4.86. The maximum atomic E-state index is 6.57. The molecule has 0 aliphatic heterocycles. The van der Waals surface area contributed by atoms with Crippen LogP contribution in [-0.2, 0) is 12.8 Å². The van der Waals surface area contributed by atoms with Crippen LogP contribution in [0.4, 0.5) is 0 Å². The third-order valence-electron chi connectivity index (χ3n) is 3.67. The van der Waals surface area contributed by atoms with Crippen LogP contribution in [0.3, 0.4) is 0 Å². The molecule has 2 heteroatoms. The predicted octanol–water partition coefficient (Wildman–Crippen LogP) is 4.94. The van der Waals surface area contributed by atoms with Crippen LogP contribution in [0.2, 0.25) is 0 Å². The Morgan fingerprint density at radius 3 is 2.56 bits per heavy atom. The first-order valence-electron chi connectivity index (χ1n) is 6.20. The minimum atomic E-state index is 0.195. The van der Waals surface area contributed by atoms with Crippen molar-refractivity contribution >= 4 is 27.5 Å². The lowest BCUT2D eigenvalue weighted by atomic mass is 9.74. The molecular weight excluding hydrogens is 308 g/mol. The van der Waals surface area contributed by atoms with Crippen LogP contribution < -0.4 is 0 Å². The van der Waals surface area contributed by atoms with E-state index in [2.05, 4.69) is 64.5 Å². The molecule has 0 radical (unpaired) electrons. The summed E-state index contributed by atoms with van der Waals surface area (Å²) in [6.07, 6.45) is 2.06. The quantitative estimate of drug-likeness (QED) is 0.703. The van der Waals surface area contributed by atoms with Crippen LogP contribution in [0.5, 0.6) is 0 Å². The van der Waals surface area contributed by atoms with E-state index < -0.39 is 0 Å². The minimum Gasteiger partial charge on any atom is -0.122 e. The summed E-state index contributed by atoms with van der Waals surface area (Å²) in [4.78, 5) is 0. The summed E-state index contributed by atoms with van der Waals surface area (Å²) in [7, 11) is 0. The van der Waals surface area contributed by atoms with Gasteiger partial charge in [0.2, 0.25) is 0 Å². The number of hydrogen-bond donors (Lipinski definition) is 0. The number of halogens is 2. The van der Waals surface area contributed by atoms with Gasteiger partial charge in [-0.2, -0.15) is 0 Å². The smallest absolute Gasteiger partial charge is 0.0448 e. The van der Waals surface area contributed by atoms with Gasteiger partial charge in [-0.15, -0.1) is 11.6 Å². The van der Waals surface area contributed by atoms with E-state index in [0.717, 1.165) is 17.3 Å². The summed E-state index contributed by atoms with van der Waals surface area (Å²) in [5.74, 6) is 0.520. The lowest BCUT2D eigenvalue weighted by Gasteiger charge is -2.33. The summed E-state index contributed by atoms with van der Waals surface area (Å²) in [6, 6.07) is 17.1. The number of benzene rings is 2. The third kappa shape index (κ3) is 2.34. The van der Waals surface area contributed by atoms with E-state index >= 15 is 0 Å². The van der Waals surface area contributed by atoms with Crippen molar-refractivity contribution in [2.75, 3.05) is 0 Å². The standard InChI is InChI=1S/C16H14BrCl/c17-13-7-5-11(6-8-13)9-16(18)15-10-12-3-1-2-4-14(12)15/h1-8,15-16H,9-10H2. The normalized spacial score (nSPS) is 18.9. The summed E-state index contributed by atoms with van der Waals surface area (Å²) in [5, 5.41) is 0.195. The number of fused-ring (bicyclic) bond motifs is 1. The van der Waals surface area contributed by atoms with Crippen molar-refractivity contribution in [3.63, 3.8) is 0 Å². The highest BCUT2D eigenvalue weighted by Crippen LogP contribution is 2.40. The molecule has 0 spiro atoms. The topological polar surface area (TPSA) is 0 Å². The highest BCUT2D eigenvalue weighted by molar-refractivity contribution is 9.10.